The van der Waals surface area contributed by atoms with E-state index in [9.17, 15) is 9.59 Å². The Labute approximate surface area is 99.6 Å². The highest BCUT2D eigenvalue weighted by atomic mass is 16.3. The summed E-state index contributed by atoms with van der Waals surface area (Å²) in [5.41, 5.74) is 0.575. The zero-order valence-electron chi connectivity index (χ0n) is 9.79. The van der Waals surface area contributed by atoms with Gasteiger partial charge in [0.25, 0.3) is 5.91 Å². The number of nitrogens with one attached hydrogen (secondary N) is 2. The van der Waals surface area contributed by atoms with Crippen LogP contribution in [0.2, 0.25) is 0 Å². The molecule has 1 saturated heterocycles. The predicted molar refractivity (Wildman–Crippen MR) is 61.6 cm³/mol. The van der Waals surface area contributed by atoms with Gasteiger partial charge in [0.2, 0.25) is 5.91 Å². The normalized spacial score (nSPS) is 19.1. The fraction of sp³-hybridized carbons (Fsp3) is 0.500. The summed E-state index contributed by atoms with van der Waals surface area (Å²) in [5.74, 6) is 0.530. The lowest BCUT2D eigenvalue weighted by Gasteiger charge is -2.09. The van der Waals surface area contributed by atoms with E-state index in [-0.39, 0.29) is 17.9 Å². The summed E-state index contributed by atoms with van der Waals surface area (Å²) in [5, 5.41) is 5.51. The molecule has 0 aliphatic carbocycles. The van der Waals surface area contributed by atoms with E-state index in [1.807, 2.05) is 6.92 Å². The van der Waals surface area contributed by atoms with E-state index in [1.165, 1.54) is 6.26 Å². The van der Waals surface area contributed by atoms with Crippen molar-refractivity contribution < 1.29 is 14.0 Å². The molecule has 2 rings (SSSR count). The molecule has 2 N–H and O–H groups in total. The maximum Gasteiger partial charge on any atom is 0.255 e. The summed E-state index contributed by atoms with van der Waals surface area (Å²) in [6.45, 7) is 2.54. The molecule has 0 aromatic carbocycles. The highest BCUT2D eigenvalue weighted by Crippen LogP contribution is 2.13. The second kappa shape index (κ2) is 5.03. The SMILES string of the molecule is CCCc1occc1C(=O)NC1CNC(=O)C1. The minimum absolute atomic E-state index is 0.0173. The van der Waals surface area contributed by atoms with E-state index < -0.39 is 0 Å². The van der Waals surface area contributed by atoms with Gasteiger partial charge in [-0.05, 0) is 12.5 Å². The van der Waals surface area contributed by atoms with Crippen molar-refractivity contribution in [2.24, 2.45) is 0 Å². The van der Waals surface area contributed by atoms with Crippen LogP contribution in [0, 0.1) is 0 Å². The van der Waals surface area contributed by atoms with Crippen molar-refractivity contribution in [3.8, 4) is 0 Å². The summed E-state index contributed by atoms with van der Waals surface area (Å²) >= 11 is 0. The molecule has 5 nitrogen and oxygen atoms in total. The quantitative estimate of drug-likeness (QED) is 0.814. The third kappa shape index (κ3) is 2.67. The number of hydrogen-bond acceptors (Lipinski definition) is 3. The molecule has 0 bridgehead atoms. The first kappa shape index (κ1) is 11.7. The molecule has 1 atom stereocenters. The molecule has 1 unspecified atom stereocenters. The number of rotatable bonds is 4. The Morgan fingerprint density at radius 3 is 3.12 bits per heavy atom. The largest absolute Gasteiger partial charge is 0.469 e. The molecule has 5 heteroatoms. The second-order valence-corrected chi connectivity index (χ2v) is 4.19. The molecular weight excluding hydrogens is 220 g/mol. The average molecular weight is 236 g/mol. The summed E-state index contributed by atoms with van der Waals surface area (Å²) in [7, 11) is 0. The van der Waals surface area contributed by atoms with Crippen LogP contribution >= 0.6 is 0 Å². The zero-order chi connectivity index (χ0) is 12.3. The minimum atomic E-state index is -0.163. The Morgan fingerprint density at radius 2 is 2.47 bits per heavy atom. The highest BCUT2D eigenvalue weighted by Gasteiger charge is 2.24. The lowest BCUT2D eigenvalue weighted by molar-refractivity contribution is -0.119. The molecule has 1 aromatic heterocycles. The Hall–Kier alpha value is -1.78. The van der Waals surface area contributed by atoms with Gasteiger partial charge in [-0.2, -0.15) is 0 Å². The molecule has 0 saturated carbocycles. The minimum Gasteiger partial charge on any atom is -0.469 e. The van der Waals surface area contributed by atoms with Crippen molar-refractivity contribution >= 4 is 11.8 Å². The van der Waals surface area contributed by atoms with Crippen LogP contribution in [0.4, 0.5) is 0 Å². The summed E-state index contributed by atoms with van der Waals surface area (Å²) < 4.78 is 5.27. The molecule has 2 amide bonds. The van der Waals surface area contributed by atoms with Gasteiger partial charge in [0, 0.05) is 19.4 Å². The monoisotopic (exact) mass is 236 g/mol. The van der Waals surface area contributed by atoms with Gasteiger partial charge in [-0.15, -0.1) is 0 Å². The van der Waals surface area contributed by atoms with Crippen molar-refractivity contribution in [1.82, 2.24) is 10.6 Å². The van der Waals surface area contributed by atoms with E-state index >= 15 is 0 Å². The number of amides is 2. The van der Waals surface area contributed by atoms with E-state index in [1.54, 1.807) is 6.07 Å². The average Bonchev–Trinajstić information content (AvgIpc) is 2.88. The van der Waals surface area contributed by atoms with Crippen LogP contribution in [0.25, 0.3) is 0 Å². The molecule has 1 aromatic rings. The summed E-state index contributed by atoms with van der Waals surface area (Å²) in [6.07, 6.45) is 3.56. The Bertz CT molecular complexity index is 425. The van der Waals surface area contributed by atoms with Crippen molar-refractivity contribution in [2.45, 2.75) is 32.2 Å². The first-order valence-electron chi connectivity index (χ1n) is 5.84. The predicted octanol–water partition coefficient (Wildman–Crippen LogP) is 0.850. The van der Waals surface area contributed by atoms with Crippen molar-refractivity contribution in [3.63, 3.8) is 0 Å². The molecule has 92 valence electrons. The van der Waals surface area contributed by atoms with E-state index in [0.29, 0.717) is 24.3 Å². The molecule has 0 spiro atoms. The van der Waals surface area contributed by atoms with Crippen molar-refractivity contribution in [3.05, 3.63) is 23.7 Å². The van der Waals surface area contributed by atoms with Crippen molar-refractivity contribution in [1.29, 1.82) is 0 Å². The van der Waals surface area contributed by atoms with Crippen LogP contribution in [0.5, 0.6) is 0 Å². The van der Waals surface area contributed by atoms with Crippen LogP contribution in [-0.2, 0) is 11.2 Å². The van der Waals surface area contributed by atoms with Crippen LogP contribution in [0.1, 0.15) is 35.9 Å². The van der Waals surface area contributed by atoms with E-state index in [4.69, 9.17) is 4.42 Å². The van der Waals surface area contributed by atoms with Crippen LogP contribution in [0.3, 0.4) is 0 Å². The fourth-order valence-corrected chi connectivity index (χ4v) is 1.93. The van der Waals surface area contributed by atoms with E-state index in [0.717, 1.165) is 12.8 Å². The highest BCUT2D eigenvalue weighted by molar-refractivity contribution is 5.96. The topological polar surface area (TPSA) is 71.3 Å². The van der Waals surface area contributed by atoms with Gasteiger partial charge in [0.15, 0.2) is 0 Å². The summed E-state index contributed by atoms with van der Waals surface area (Å²) in [4.78, 5) is 23.0. The van der Waals surface area contributed by atoms with Crippen LogP contribution in [-0.4, -0.2) is 24.4 Å². The van der Waals surface area contributed by atoms with Crippen LogP contribution in [0.15, 0.2) is 16.7 Å². The van der Waals surface area contributed by atoms with Gasteiger partial charge < -0.3 is 15.1 Å². The molecule has 0 radical (unpaired) electrons. The van der Waals surface area contributed by atoms with Crippen LogP contribution < -0.4 is 10.6 Å². The fourth-order valence-electron chi connectivity index (χ4n) is 1.93. The van der Waals surface area contributed by atoms with Gasteiger partial charge in [-0.25, -0.2) is 0 Å². The molecule has 1 fully saturated rings. The lowest BCUT2D eigenvalue weighted by atomic mass is 10.1. The van der Waals surface area contributed by atoms with Gasteiger partial charge >= 0.3 is 0 Å². The third-order valence-corrected chi connectivity index (χ3v) is 2.78. The second-order valence-electron chi connectivity index (χ2n) is 4.19. The Morgan fingerprint density at radius 1 is 1.65 bits per heavy atom. The van der Waals surface area contributed by atoms with Gasteiger partial charge in [0.1, 0.15) is 5.76 Å². The maximum atomic E-state index is 12.0. The van der Waals surface area contributed by atoms with Crippen molar-refractivity contribution in [2.75, 3.05) is 6.54 Å². The smallest absolute Gasteiger partial charge is 0.255 e. The van der Waals surface area contributed by atoms with E-state index in [2.05, 4.69) is 10.6 Å². The summed E-state index contributed by atoms with van der Waals surface area (Å²) in [6, 6.07) is 1.56. The molecule has 1 aliphatic rings. The lowest BCUT2D eigenvalue weighted by Crippen LogP contribution is -2.36. The molecule has 1 aliphatic heterocycles. The third-order valence-electron chi connectivity index (χ3n) is 2.78. The number of hydrogen-bond donors (Lipinski definition) is 2. The number of aryl methyl sites for hydroxylation is 1. The number of carbonyl (C=O) groups excluding carboxylic acids is 2. The molecular formula is C12H16N2O3. The molecule has 2 heterocycles. The Balaban J connectivity index is 1.99. The zero-order valence-corrected chi connectivity index (χ0v) is 9.79. The number of carbonyl (C=O) groups is 2. The maximum absolute atomic E-state index is 12.0. The Kier molecular flexibility index (Phi) is 3.46. The van der Waals surface area contributed by atoms with Gasteiger partial charge in [-0.3, -0.25) is 9.59 Å². The first-order valence-corrected chi connectivity index (χ1v) is 5.84. The standard InChI is InChI=1S/C12H16N2O3/c1-2-3-10-9(4-5-17-10)12(16)14-8-6-11(15)13-7-8/h4-5,8H,2-3,6-7H2,1H3,(H,13,15)(H,14,16). The van der Waals surface area contributed by atoms with Gasteiger partial charge in [0.05, 0.1) is 17.9 Å². The number of furan rings is 1. The molecule has 17 heavy (non-hydrogen) atoms. The van der Waals surface area contributed by atoms with Gasteiger partial charge in [-0.1, -0.05) is 6.92 Å². The first-order chi connectivity index (χ1) is 8.20.